The van der Waals surface area contributed by atoms with Gasteiger partial charge in [-0.15, -0.1) is 0 Å². The number of nitrogens with two attached hydrogens (primary N) is 2. The zero-order valence-electron chi connectivity index (χ0n) is 5.36. The lowest BCUT2D eigenvalue weighted by atomic mass is 10.4. The van der Waals surface area contributed by atoms with Gasteiger partial charge in [-0.05, 0) is 14.1 Å². The van der Waals surface area contributed by atoms with Crippen molar-refractivity contribution in [3.63, 3.8) is 0 Å². The maximum atomic E-state index is 5.43. The van der Waals surface area contributed by atoms with Crippen LogP contribution in [0, 0.1) is 0 Å². The van der Waals surface area contributed by atoms with Gasteiger partial charge in [-0.25, -0.2) is 0 Å². The number of likely N-dealkylation sites (N-methyl/N-ethyl adjacent to an activating group) is 2. The van der Waals surface area contributed by atoms with Crippen LogP contribution < -0.4 is 22.1 Å². The van der Waals surface area contributed by atoms with Crippen LogP contribution in [-0.2, 0) is 0 Å². The average Bonchev–Trinajstić information content (AvgIpc) is 1.67. The van der Waals surface area contributed by atoms with Crippen LogP contribution in [0.4, 0.5) is 0 Å². The van der Waals surface area contributed by atoms with Crippen molar-refractivity contribution in [1.29, 1.82) is 0 Å². The highest BCUT2D eigenvalue weighted by atomic mass is 15.2. The van der Waals surface area contributed by atoms with Crippen LogP contribution in [0.2, 0.25) is 0 Å². The van der Waals surface area contributed by atoms with Crippen LogP contribution in [0.1, 0.15) is 0 Å². The summed E-state index contributed by atoms with van der Waals surface area (Å²) in [6, 6.07) is 0. The average molecular weight is 118 g/mol. The minimum Gasteiger partial charge on any atom is -0.315 e. The van der Waals surface area contributed by atoms with Gasteiger partial charge in [0.15, 0.2) is 0 Å². The lowest BCUT2D eigenvalue weighted by molar-refractivity contribution is 0.364. The molecule has 0 aromatic rings. The van der Waals surface area contributed by atoms with Crippen molar-refractivity contribution in [3.05, 3.63) is 0 Å². The van der Waals surface area contributed by atoms with Crippen LogP contribution in [0.3, 0.4) is 0 Å². The zero-order chi connectivity index (χ0) is 6.62. The summed E-state index contributed by atoms with van der Waals surface area (Å²) in [4.78, 5) is 0. The van der Waals surface area contributed by atoms with E-state index in [0.29, 0.717) is 6.54 Å². The van der Waals surface area contributed by atoms with E-state index in [4.69, 9.17) is 11.5 Å². The molecule has 0 saturated carbocycles. The van der Waals surface area contributed by atoms with Crippen molar-refractivity contribution in [2.75, 3.05) is 20.6 Å². The van der Waals surface area contributed by atoms with E-state index in [9.17, 15) is 0 Å². The second kappa shape index (κ2) is 2.99. The molecule has 0 saturated heterocycles. The van der Waals surface area contributed by atoms with E-state index in [1.54, 1.807) is 14.1 Å². The summed E-state index contributed by atoms with van der Waals surface area (Å²) in [5, 5.41) is 5.58. The molecule has 0 fully saturated rings. The standard InChI is InChI=1S/C4H14N4/c1-7-3-4(5,6)8-2/h7-8H,3,5-6H2,1-2H3. The normalized spacial score (nSPS) is 12.0. The minimum absolute atomic E-state index is 0.559. The predicted octanol–water partition coefficient (Wildman–Crippen LogP) is -2.00. The highest BCUT2D eigenvalue weighted by Crippen LogP contribution is 1.74. The van der Waals surface area contributed by atoms with Gasteiger partial charge in [-0.3, -0.25) is 5.32 Å². The Morgan fingerprint density at radius 2 is 1.88 bits per heavy atom. The summed E-state index contributed by atoms with van der Waals surface area (Å²) in [5.41, 5.74) is 10.9. The summed E-state index contributed by atoms with van der Waals surface area (Å²) >= 11 is 0. The van der Waals surface area contributed by atoms with Crippen LogP contribution in [0.25, 0.3) is 0 Å². The monoisotopic (exact) mass is 118 g/mol. The third-order valence-corrected chi connectivity index (χ3v) is 0.935. The summed E-state index contributed by atoms with van der Waals surface area (Å²) in [5.74, 6) is -0.769. The van der Waals surface area contributed by atoms with E-state index in [1.165, 1.54) is 0 Å². The fraction of sp³-hybridized carbons (Fsp3) is 1.00. The van der Waals surface area contributed by atoms with Gasteiger partial charge in [0.05, 0.1) is 0 Å². The van der Waals surface area contributed by atoms with Crippen LogP contribution in [0.15, 0.2) is 0 Å². The summed E-state index contributed by atoms with van der Waals surface area (Å²) < 4.78 is 0. The molecule has 4 heteroatoms. The van der Waals surface area contributed by atoms with E-state index in [-0.39, 0.29) is 0 Å². The second-order valence-corrected chi connectivity index (χ2v) is 1.82. The molecule has 0 aliphatic carbocycles. The number of hydrogen-bond donors (Lipinski definition) is 4. The molecule has 0 amide bonds. The molecule has 6 N–H and O–H groups in total. The SMILES string of the molecule is CNCC(N)(N)NC. The van der Waals surface area contributed by atoms with Crippen LogP contribution >= 0.6 is 0 Å². The van der Waals surface area contributed by atoms with Gasteiger partial charge >= 0.3 is 0 Å². The van der Waals surface area contributed by atoms with Crippen molar-refractivity contribution in [1.82, 2.24) is 10.6 Å². The molecule has 0 unspecified atom stereocenters. The molecule has 0 rings (SSSR count). The highest BCUT2D eigenvalue weighted by molar-refractivity contribution is 4.72. The van der Waals surface area contributed by atoms with E-state index < -0.39 is 5.79 Å². The largest absolute Gasteiger partial charge is 0.315 e. The topological polar surface area (TPSA) is 76.1 Å². The molecular weight excluding hydrogens is 104 g/mol. The number of rotatable bonds is 3. The molecule has 0 aromatic heterocycles. The Morgan fingerprint density at radius 1 is 1.38 bits per heavy atom. The molecule has 0 spiro atoms. The third kappa shape index (κ3) is 2.92. The smallest absolute Gasteiger partial charge is 0.131 e. The van der Waals surface area contributed by atoms with Gasteiger partial charge in [-0.1, -0.05) is 0 Å². The molecule has 8 heavy (non-hydrogen) atoms. The minimum atomic E-state index is -0.769. The molecule has 0 aromatic carbocycles. The van der Waals surface area contributed by atoms with Crippen molar-refractivity contribution in [2.24, 2.45) is 11.5 Å². The van der Waals surface area contributed by atoms with Crippen molar-refractivity contribution >= 4 is 0 Å². The Balaban J connectivity index is 3.37. The maximum absolute atomic E-state index is 5.43. The Morgan fingerprint density at radius 3 is 2.00 bits per heavy atom. The first-order chi connectivity index (χ1) is 3.62. The summed E-state index contributed by atoms with van der Waals surface area (Å²) in [6.45, 7) is 0.559. The molecule has 0 heterocycles. The van der Waals surface area contributed by atoms with E-state index in [2.05, 4.69) is 10.6 Å². The molecule has 0 radical (unpaired) electrons. The zero-order valence-corrected chi connectivity index (χ0v) is 5.36. The second-order valence-electron chi connectivity index (χ2n) is 1.82. The van der Waals surface area contributed by atoms with Gasteiger partial charge < -0.3 is 16.8 Å². The van der Waals surface area contributed by atoms with Crippen LogP contribution in [-0.4, -0.2) is 26.4 Å². The molecule has 0 aliphatic heterocycles. The maximum Gasteiger partial charge on any atom is 0.131 e. The first-order valence-electron chi connectivity index (χ1n) is 2.53. The first-order valence-corrected chi connectivity index (χ1v) is 2.53. The molecule has 0 aliphatic rings. The lowest BCUT2D eigenvalue weighted by Gasteiger charge is -2.22. The molecule has 0 bridgehead atoms. The highest BCUT2D eigenvalue weighted by Gasteiger charge is 2.12. The third-order valence-electron chi connectivity index (χ3n) is 0.935. The van der Waals surface area contributed by atoms with Gasteiger partial charge in [0, 0.05) is 6.54 Å². The Hall–Kier alpha value is -0.160. The van der Waals surface area contributed by atoms with Gasteiger partial charge in [0.25, 0.3) is 0 Å². The van der Waals surface area contributed by atoms with Gasteiger partial charge in [0.2, 0.25) is 0 Å². The predicted molar refractivity (Wildman–Crippen MR) is 34.1 cm³/mol. The number of hydrogen-bond acceptors (Lipinski definition) is 4. The van der Waals surface area contributed by atoms with Crippen molar-refractivity contribution < 1.29 is 0 Å². The van der Waals surface area contributed by atoms with E-state index in [1.807, 2.05) is 0 Å². The lowest BCUT2D eigenvalue weighted by Crippen LogP contribution is -2.65. The van der Waals surface area contributed by atoms with Crippen molar-refractivity contribution in [3.8, 4) is 0 Å². The number of nitrogens with one attached hydrogen (secondary N) is 2. The molecule has 50 valence electrons. The fourth-order valence-corrected chi connectivity index (χ4v) is 0.381. The fourth-order valence-electron chi connectivity index (χ4n) is 0.381. The van der Waals surface area contributed by atoms with E-state index in [0.717, 1.165) is 0 Å². The van der Waals surface area contributed by atoms with Crippen molar-refractivity contribution in [2.45, 2.75) is 5.79 Å². The molecule has 4 nitrogen and oxygen atoms in total. The Bertz CT molecular complexity index is 61.1. The Labute approximate surface area is 49.6 Å². The van der Waals surface area contributed by atoms with Gasteiger partial charge in [0.1, 0.15) is 5.79 Å². The van der Waals surface area contributed by atoms with E-state index >= 15 is 0 Å². The van der Waals surface area contributed by atoms with Crippen LogP contribution in [0.5, 0.6) is 0 Å². The quantitative estimate of drug-likeness (QED) is 0.323. The Kier molecular flexibility index (Phi) is 2.93. The molecular formula is C4H14N4. The summed E-state index contributed by atoms with van der Waals surface area (Å²) in [6.07, 6.45) is 0. The van der Waals surface area contributed by atoms with Gasteiger partial charge in [-0.2, -0.15) is 0 Å². The molecule has 0 atom stereocenters. The summed E-state index contributed by atoms with van der Waals surface area (Å²) in [7, 11) is 3.52. The first kappa shape index (κ1) is 7.84.